The Morgan fingerprint density at radius 1 is 1.28 bits per heavy atom. The Morgan fingerprint density at radius 3 is 2.64 bits per heavy atom. The number of fused-ring (bicyclic) bond motifs is 1. The second-order valence-corrected chi connectivity index (χ2v) is 7.49. The van der Waals surface area contributed by atoms with Gasteiger partial charge in [-0.25, -0.2) is 4.79 Å². The quantitative estimate of drug-likeness (QED) is 0.900. The number of carbonyl (C=O) groups excluding carboxylic acids is 1. The summed E-state index contributed by atoms with van der Waals surface area (Å²) in [6.07, 6.45) is 1.18. The van der Waals surface area contributed by atoms with Crippen LogP contribution in [0.15, 0.2) is 29.1 Å². The molecule has 0 spiro atoms. The molecule has 2 N–H and O–H groups in total. The minimum Gasteiger partial charge on any atom is -0.444 e. The number of nitrogens with zero attached hydrogens (tertiary/aromatic N) is 1. The summed E-state index contributed by atoms with van der Waals surface area (Å²) in [5.74, 6) is 0. The number of ether oxygens (including phenoxy) is 1. The van der Waals surface area contributed by atoms with Crippen molar-refractivity contribution in [2.24, 2.45) is 0 Å². The van der Waals surface area contributed by atoms with Crippen LogP contribution >= 0.6 is 0 Å². The first-order valence-corrected chi connectivity index (χ1v) is 8.66. The third-order valence-corrected chi connectivity index (χ3v) is 4.28. The zero-order valence-electron chi connectivity index (χ0n) is 15.2. The maximum Gasteiger partial charge on any atom is 0.407 e. The highest BCUT2D eigenvalue weighted by molar-refractivity contribution is 5.69. The zero-order valence-corrected chi connectivity index (χ0v) is 15.2. The Labute approximate surface area is 147 Å². The number of rotatable bonds is 3. The van der Waals surface area contributed by atoms with Crippen molar-refractivity contribution in [1.82, 2.24) is 15.1 Å². The molecule has 0 saturated heterocycles. The highest BCUT2D eigenvalue weighted by atomic mass is 16.6. The Kier molecular flexibility index (Phi) is 4.45. The van der Waals surface area contributed by atoms with Gasteiger partial charge in [-0.3, -0.25) is 14.6 Å². The molecule has 3 rings (SSSR count). The molecule has 1 aromatic heterocycles. The number of amides is 1. The predicted octanol–water partition coefficient (Wildman–Crippen LogP) is 2.86. The number of nitrogens with one attached hydrogen (secondary N) is 2. The van der Waals surface area contributed by atoms with Crippen LogP contribution in [0.5, 0.6) is 0 Å². The van der Waals surface area contributed by atoms with Crippen LogP contribution in [0.2, 0.25) is 0 Å². The molecular weight excluding hydrogens is 318 g/mol. The largest absolute Gasteiger partial charge is 0.444 e. The van der Waals surface area contributed by atoms with Crippen molar-refractivity contribution in [2.75, 3.05) is 0 Å². The van der Waals surface area contributed by atoms with Crippen LogP contribution in [0.4, 0.5) is 4.79 Å². The van der Waals surface area contributed by atoms with Gasteiger partial charge in [0.05, 0.1) is 5.69 Å². The lowest BCUT2D eigenvalue weighted by Gasteiger charge is -2.21. The van der Waals surface area contributed by atoms with Gasteiger partial charge in [0.1, 0.15) is 5.60 Å². The smallest absolute Gasteiger partial charge is 0.407 e. The van der Waals surface area contributed by atoms with Gasteiger partial charge >= 0.3 is 6.09 Å². The van der Waals surface area contributed by atoms with Crippen LogP contribution in [0.1, 0.15) is 38.8 Å². The fourth-order valence-corrected chi connectivity index (χ4v) is 3.18. The van der Waals surface area contributed by atoms with E-state index >= 15 is 0 Å². The van der Waals surface area contributed by atoms with Crippen LogP contribution in [0.25, 0.3) is 11.3 Å². The van der Waals surface area contributed by atoms with Gasteiger partial charge in [0.25, 0.3) is 5.56 Å². The van der Waals surface area contributed by atoms with E-state index in [1.807, 2.05) is 33.8 Å². The van der Waals surface area contributed by atoms with Crippen molar-refractivity contribution in [3.8, 4) is 11.3 Å². The molecule has 1 aromatic carbocycles. The molecule has 1 aliphatic carbocycles. The third kappa shape index (κ3) is 3.95. The molecule has 0 saturated carbocycles. The highest BCUT2D eigenvalue weighted by Gasteiger charge is 2.25. The molecule has 0 radical (unpaired) electrons. The molecule has 6 nitrogen and oxygen atoms in total. The molecule has 1 amide bonds. The van der Waals surface area contributed by atoms with Crippen LogP contribution in [0, 0.1) is 0 Å². The third-order valence-electron chi connectivity index (χ3n) is 4.28. The molecule has 2 aromatic rings. The van der Waals surface area contributed by atoms with Gasteiger partial charge in [-0.1, -0.05) is 12.1 Å². The summed E-state index contributed by atoms with van der Waals surface area (Å²) < 4.78 is 6.91. The normalized spacial score (nSPS) is 16.6. The van der Waals surface area contributed by atoms with Gasteiger partial charge in [-0.05, 0) is 63.3 Å². The second-order valence-electron chi connectivity index (χ2n) is 7.49. The van der Waals surface area contributed by atoms with E-state index < -0.39 is 5.60 Å². The molecule has 0 bridgehead atoms. The molecule has 1 unspecified atom stereocenters. The van der Waals surface area contributed by atoms with E-state index in [0.717, 1.165) is 24.1 Å². The fourth-order valence-electron chi connectivity index (χ4n) is 3.18. The summed E-state index contributed by atoms with van der Waals surface area (Å²) in [5.41, 5.74) is 3.70. The predicted molar refractivity (Wildman–Crippen MR) is 96.7 cm³/mol. The van der Waals surface area contributed by atoms with Crippen molar-refractivity contribution < 1.29 is 9.53 Å². The average molecular weight is 343 g/mol. The van der Waals surface area contributed by atoms with Crippen LogP contribution in [0.3, 0.4) is 0 Å². The van der Waals surface area contributed by atoms with Crippen molar-refractivity contribution in [2.45, 2.75) is 58.7 Å². The Morgan fingerprint density at radius 2 is 2.00 bits per heavy atom. The van der Waals surface area contributed by atoms with E-state index in [-0.39, 0.29) is 17.7 Å². The molecule has 25 heavy (non-hydrogen) atoms. The molecule has 1 atom stereocenters. The van der Waals surface area contributed by atoms with Gasteiger partial charge in [-0.15, -0.1) is 0 Å². The summed E-state index contributed by atoms with van der Waals surface area (Å²) in [6.45, 7) is 8.10. The summed E-state index contributed by atoms with van der Waals surface area (Å²) in [5, 5.41) is 6.06. The minimum atomic E-state index is -0.499. The molecule has 6 heteroatoms. The molecule has 1 aliphatic rings. The van der Waals surface area contributed by atoms with Crippen molar-refractivity contribution in [3.05, 3.63) is 45.7 Å². The first-order chi connectivity index (χ1) is 11.7. The Balaban J connectivity index is 1.72. The molecular formula is C19H25N3O3. The number of carbonyl (C=O) groups is 1. The number of H-pyrrole nitrogens is 1. The van der Waals surface area contributed by atoms with Gasteiger partial charge in [0, 0.05) is 18.7 Å². The summed E-state index contributed by atoms with van der Waals surface area (Å²) >= 11 is 0. The van der Waals surface area contributed by atoms with Crippen molar-refractivity contribution in [3.63, 3.8) is 0 Å². The molecule has 1 heterocycles. The van der Waals surface area contributed by atoms with E-state index in [1.54, 1.807) is 10.7 Å². The van der Waals surface area contributed by atoms with E-state index in [1.165, 1.54) is 11.1 Å². The summed E-state index contributed by atoms with van der Waals surface area (Å²) in [4.78, 5) is 23.8. The number of aryl methyl sites for hydroxylation is 1. The molecule has 0 aliphatic heterocycles. The maximum absolute atomic E-state index is 12.0. The van der Waals surface area contributed by atoms with E-state index in [4.69, 9.17) is 4.74 Å². The van der Waals surface area contributed by atoms with E-state index in [0.29, 0.717) is 6.54 Å². The Bertz CT molecular complexity index is 842. The van der Waals surface area contributed by atoms with Gasteiger partial charge in [0.2, 0.25) is 0 Å². The number of aromatic nitrogens is 2. The first-order valence-electron chi connectivity index (χ1n) is 8.66. The molecule has 134 valence electrons. The van der Waals surface area contributed by atoms with Crippen LogP contribution in [-0.2, 0) is 24.1 Å². The summed E-state index contributed by atoms with van der Waals surface area (Å²) in [6, 6.07) is 7.84. The number of benzene rings is 1. The minimum absolute atomic E-state index is 0.0255. The van der Waals surface area contributed by atoms with Crippen molar-refractivity contribution in [1.29, 1.82) is 0 Å². The number of hydrogen-bond donors (Lipinski definition) is 2. The van der Waals surface area contributed by atoms with E-state index in [9.17, 15) is 9.59 Å². The van der Waals surface area contributed by atoms with Crippen LogP contribution in [-0.4, -0.2) is 27.5 Å². The zero-order chi connectivity index (χ0) is 18.2. The Hall–Kier alpha value is -2.50. The standard InChI is InChI=1S/C19H25N3O3/c1-5-22-17(23)11-16(21-22)13-7-6-12-9-15(10-14(12)8-13)20-18(24)25-19(2,3)4/h6-8,11,15,21H,5,9-10H2,1-4H3,(H,20,24). The van der Waals surface area contributed by atoms with E-state index in [2.05, 4.69) is 22.5 Å². The lowest BCUT2D eigenvalue weighted by molar-refractivity contribution is 0.0506. The lowest BCUT2D eigenvalue weighted by atomic mass is 10.0. The van der Waals surface area contributed by atoms with Gasteiger partial charge in [-0.2, -0.15) is 0 Å². The first kappa shape index (κ1) is 17.3. The molecule has 0 fully saturated rings. The van der Waals surface area contributed by atoms with Gasteiger partial charge < -0.3 is 10.1 Å². The number of alkyl carbamates (subject to hydrolysis) is 1. The lowest BCUT2D eigenvalue weighted by Crippen LogP contribution is -2.39. The average Bonchev–Trinajstić information content (AvgIpc) is 3.06. The SMILES string of the molecule is CCn1[nH]c(-c2ccc3c(c2)CC(NC(=O)OC(C)(C)C)C3)cc1=O. The van der Waals surface area contributed by atoms with Crippen LogP contribution < -0.4 is 10.9 Å². The maximum atomic E-state index is 12.0. The number of hydrogen-bond acceptors (Lipinski definition) is 3. The van der Waals surface area contributed by atoms with Crippen molar-refractivity contribution >= 4 is 6.09 Å². The highest BCUT2D eigenvalue weighted by Crippen LogP contribution is 2.27. The summed E-state index contributed by atoms with van der Waals surface area (Å²) in [7, 11) is 0. The number of aromatic amines is 1. The monoisotopic (exact) mass is 343 g/mol. The second kappa shape index (κ2) is 6.43. The van der Waals surface area contributed by atoms with Gasteiger partial charge in [0.15, 0.2) is 0 Å². The fraction of sp³-hybridized carbons (Fsp3) is 0.474. The topological polar surface area (TPSA) is 76.1 Å².